The van der Waals surface area contributed by atoms with Crippen LogP contribution in [0.3, 0.4) is 0 Å². The van der Waals surface area contributed by atoms with Gasteiger partial charge in [-0.1, -0.05) is 23.7 Å². The normalized spacial score (nSPS) is 19.4. The standard InChI is InChI=1S/C21H30ClNO5/c1-20(2,3)26-18(24)23(28-19(25)27-21(4,5)6)13-14-11-16(12-14)15-7-9-17(22)10-8-15/h7-10,14,16H,11-13H2,1-6H3/t14-,16+. The van der Waals surface area contributed by atoms with Crippen molar-refractivity contribution >= 4 is 23.8 Å². The van der Waals surface area contributed by atoms with E-state index in [0.29, 0.717) is 10.9 Å². The third-order valence-electron chi connectivity index (χ3n) is 4.17. The van der Waals surface area contributed by atoms with Gasteiger partial charge < -0.3 is 14.3 Å². The Balaban J connectivity index is 1.96. The Hall–Kier alpha value is -1.95. The smallest absolute Gasteiger partial charge is 0.442 e. The topological polar surface area (TPSA) is 65.1 Å². The lowest BCUT2D eigenvalue weighted by molar-refractivity contribution is -0.145. The van der Waals surface area contributed by atoms with E-state index in [0.717, 1.165) is 17.9 Å². The van der Waals surface area contributed by atoms with E-state index >= 15 is 0 Å². The lowest BCUT2D eigenvalue weighted by atomic mass is 9.71. The van der Waals surface area contributed by atoms with Gasteiger partial charge in [-0.3, -0.25) is 0 Å². The van der Waals surface area contributed by atoms with Gasteiger partial charge in [0.25, 0.3) is 0 Å². The summed E-state index contributed by atoms with van der Waals surface area (Å²) in [6, 6.07) is 7.80. The van der Waals surface area contributed by atoms with Crippen molar-refractivity contribution in [3.05, 3.63) is 34.9 Å². The maximum Gasteiger partial charge on any atom is 0.534 e. The third kappa shape index (κ3) is 7.23. The Bertz CT molecular complexity index is 684. The van der Waals surface area contributed by atoms with Crippen LogP contribution < -0.4 is 0 Å². The fourth-order valence-electron chi connectivity index (χ4n) is 2.95. The van der Waals surface area contributed by atoms with Crippen molar-refractivity contribution in [3.63, 3.8) is 0 Å². The molecule has 0 saturated heterocycles. The molecule has 1 amide bonds. The Kier molecular flexibility index (Phi) is 6.86. The van der Waals surface area contributed by atoms with Crippen molar-refractivity contribution in [2.75, 3.05) is 6.54 Å². The second-order valence-corrected chi connectivity index (χ2v) is 9.62. The summed E-state index contributed by atoms with van der Waals surface area (Å²) in [6.07, 6.45) is 0.150. The van der Waals surface area contributed by atoms with Gasteiger partial charge in [0.05, 0.1) is 6.54 Å². The summed E-state index contributed by atoms with van der Waals surface area (Å²) in [6.45, 7) is 10.7. The van der Waals surface area contributed by atoms with Crippen molar-refractivity contribution < 1.29 is 23.9 Å². The third-order valence-corrected chi connectivity index (χ3v) is 4.42. The molecule has 1 aliphatic rings. The molecular weight excluding hydrogens is 382 g/mol. The fourth-order valence-corrected chi connectivity index (χ4v) is 3.07. The number of carbonyl (C=O) groups excluding carboxylic acids is 2. The first-order valence-electron chi connectivity index (χ1n) is 9.49. The van der Waals surface area contributed by atoms with Crippen molar-refractivity contribution in [3.8, 4) is 0 Å². The molecule has 0 unspecified atom stereocenters. The molecule has 0 atom stereocenters. The van der Waals surface area contributed by atoms with Crippen LogP contribution in [0.15, 0.2) is 24.3 Å². The molecule has 0 spiro atoms. The monoisotopic (exact) mass is 411 g/mol. The zero-order valence-electron chi connectivity index (χ0n) is 17.5. The van der Waals surface area contributed by atoms with E-state index in [1.807, 2.05) is 24.3 Å². The molecule has 7 heteroatoms. The highest BCUT2D eigenvalue weighted by atomic mass is 35.5. The highest BCUT2D eigenvalue weighted by molar-refractivity contribution is 6.30. The predicted octanol–water partition coefficient (Wildman–Crippen LogP) is 5.94. The largest absolute Gasteiger partial charge is 0.534 e. The van der Waals surface area contributed by atoms with Crippen molar-refractivity contribution in [1.29, 1.82) is 0 Å². The first-order chi connectivity index (χ1) is 12.8. The zero-order valence-corrected chi connectivity index (χ0v) is 18.2. The molecule has 1 aromatic carbocycles. The SMILES string of the molecule is CC(C)(C)OC(=O)ON(C[C@H]1C[C@@H](c2ccc(Cl)cc2)C1)C(=O)OC(C)(C)C. The Morgan fingerprint density at radius 2 is 1.54 bits per heavy atom. The minimum atomic E-state index is -0.924. The lowest BCUT2D eigenvalue weighted by Crippen LogP contribution is -2.44. The molecule has 1 saturated carbocycles. The van der Waals surface area contributed by atoms with Crippen LogP contribution in [-0.2, 0) is 14.3 Å². The van der Waals surface area contributed by atoms with Crippen molar-refractivity contribution in [1.82, 2.24) is 5.06 Å². The van der Waals surface area contributed by atoms with Crippen LogP contribution in [0.4, 0.5) is 9.59 Å². The summed E-state index contributed by atoms with van der Waals surface area (Å²) >= 11 is 5.94. The second-order valence-electron chi connectivity index (χ2n) is 9.18. The second kappa shape index (κ2) is 8.60. The van der Waals surface area contributed by atoms with Gasteiger partial charge in [0.2, 0.25) is 0 Å². The van der Waals surface area contributed by atoms with E-state index in [9.17, 15) is 9.59 Å². The van der Waals surface area contributed by atoms with Gasteiger partial charge in [-0.2, -0.15) is 0 Å². The first kappa shape index (κ1) is 22.3. The van der Waals surface area contributed by atoms with E-state index in [-0.39, 0.29) is 12.5 Å². The molecule has 28 heavy (non-hydrogen) atoms. The average Bonchev–Trinajstić information content (AvgIpc) is 2.46. The Labute approximate surface area is 172 Å². The number of benzene rings is 1. The molecule has 156 valence electrons. The summed E-state index contributed by atoms with van der Waals surface area (Å²) in [5, 5.41) is 1.68. The minimum absolute atomic E-state index is 0.204. The van der Waals surface area contributed by atoms with Crippen LogP contribution in [0.2, 0.25) is 5.02 Å². The number of hydroxylamine groups is 2. The quantitative estimate of drug-likeness (QED) is 0.455. The summed E-state index contributed by atoms with van der Waals surface area (Å²) < 4.78 is 10.5. The van der Waals surface area contributed by atoms with Gasteiger partial charge in [-0.05, 0) is 83.9 Å². The highest BCUT2D eigenvalue weighted by Gasteiger charge is 2.36. The number of hydrogen-bond donors (Lipinski definition) is 0. The van der Waals surface area contributed by atoms with Crippen LogP contribution in [0.1, 0.15) is 65.9 Å². The summed E-state index contributed by atoms with van der Waals surface area (Å²) in [5.41, 5.74) is -0.192. The maximum atomic E-state index is 12.5. The van der Waals surface area contributed by atoms with Crippen LogP contribution >= 0.6 is 11.6 Å². The molecule has 0 radical (unpaired) electrons. The van der Waals surface area contributed by atoms with Gasteiger partial charge in [-0.25, -0.2) is 9.59 Å². The van der Waals surface area contributed by atoms with Crippen molar-refractivity contribution in [2.24, 2.45) is 5.92 Å². The van der Waals surface area contributed by atoms with Gasteiger partial charge in [0.15, 0.2) is 0 Å². The van der Waals surface area contributed by atoms with Gasteiger partial charge >= 0.3 is 12.2 Å². The molecule has 6 nitrogen and oxygen atoms in total. The highest BCUT2D eigenvalue weighted by Crippen LogP contribution is 2.42. The van der Waals surface area contributed by atoms with E-state index in [4.69, 9.17) is 25.9 Å². The molecule has 0 bridgehead atoms. The number of amides is 1. The number of hydrogen-bond acceptors (Lipinski definition) is 5. The van der Waals surface area contributed by atoms with Crippen LogP contribution in [-0.4, -0.2) is 35.1 Å². The molecule has 1 aromatic rings. The summed E-state index contributed by atoms with van der Waals surface area (Å²) in [4.78, 5) is 29.7. The number of nitrogens with zero attached hydrogens (tertiary/aromatic N) is 1. The van der Waals surface area contributed by atoms with E-state index in [1.165, 1.54) is 5.56 Å². The lowest BCUT2D eigenvalue weighted by Gasteiger charge is -2.38. The van der Waals surface area contributed by atoms with E-state index in [1.54, 1.807) is 41.5 Å². The van der Waals surface area contributed by atoms with Crippen LogP contribution in [0, 0.1) is 5.92 Å². The molecule has 2 rings (SSSR count). The predicted molar refractivity (Wildman–Crippen MR) is 107 cm³/mol. The summed E-state index contributed by atoms with van der Waals surface area (Å²) in [7, 11) is 0. The van der Waals surface area contributed by atoms with Gasteiger partial charge in [0.1, 0.15) is 11.2 Å². The molecule has 0 aromatic heterocycles. The Morgan fingerprint density at radius 1 is 1.00 bits per heavy atom. The van der Waals surface area contributed by atoms with Crippen molar-refractivity contribution in [2.45, 2.75) is 71.5 Å². The number of halogens is 1. The minimum Gasteiger partial charge on any atom is -0.442 e. The Morgan fingerprint density at radius 3 is 2.04 bits per heavy atom. The molecule has 0 heterocycles. The van der Waals surface area contributed by atoms with Crippen LogP contribution in [0.5, 0.6) is 0 Å². The molecule has 1 fully saturated rings. The maximum absolute atomic E-state index is 12.5. The van der Waals surface area contributed by atoms with E-state index in [2.05, 4.69) is 0 Å². The molecular formula is C21H30ClNO5. The van der Waals surface area contributed by atoms with E-state index < -0.39 is 23.5 Å². The van der Waals surface area contributed by atoms with Crippen LogP contribution in [0.25, 0.3) is 0 Å². The first-order valence-corrected chi connectivity index (χ1v) is 9.87. The molecule has 1 aliphatic carbocycles. The number of carbonyl (C=O) groups is 2. The van der Waals surface area contributed by atoms with Gasteiger partial charge in [-0.15, -0.1) is 5.06 Å². The number of rotatable bonds is 3. The zero-order chi connectivity index (χ0) is 21.1. The van der Waals surface area contributed by atoms with Gasteiger partial charge in [0, 0.05) is 5.02 Å². The average molecular weight is 412 g/mol. The molecule has 0 aliphatic heterocycles. The summed E-state index contributed by atoms with van der Waals surface area (Å²) in [5.74, 6) is 0.611. The molecule has 0 N–H and O–H groups in total. The fraction of sp³-hybridized carbons (Fsp3) is 0.619. The number of ether oxygens (including phenoxy) is 2.